The summed E-state index contributed by atoms with van der Waals surface area (Å²) in [6.07, 6.45) is 3.69. The van der Waals surface area contributed by atoms with E-state index < -0.39 is 40.8 Å². The fourth-order valence-electron chi connectivity index (χ4n) is 7.39. The van der Waals surface area contributed by atoms with Crippen LogP contribution in [-0.2, 0) is 21.4 Å². The first kappa shape index (κ1) is 32.9. The summed E-state index contributed by atoms with van der Waals surface area (Å²) in [4.78, 5) is 45.6. The third-order valence-corrected chi connectivity index (χ3v) is 9.84. The number of nitrogens with zero attached hydrogens (tertiary/aromatic N) is 3. The van der Waals surface area contributed by atoms with E-state index in [0.29, 0.717) is 75.5 Å². The third-order valence-electron chi connectivity index (χ3n) is 9.84. The third kappa shape index (κ3) is 7.18. The largest absolute Gasteiger partial charge is 0.493 e. The first-order chi connectivity index (χ1) is 21.6. The van der Waals surface area contributed by atoms with Gasteiger partial charge in [0.1, 0.15) is 12.0 Å². The number of carbonyl (C=O) groups is 3. The van der Waals surface area contributed by atoms with Gasteiger partial charge in [-0.3, -0.25) is 14.6 Å². The first-order valence-electron chi connectivity index (χ1n) is 16.1. The van der Waals surface area contributed by atoms with Crippen molar-refractivity contribution in [1.82, 2.24) is 14.8 Å². The second-order valence-corrected chi connectivity index (χ2v) is 12.8. The van der Waals surface area contributed by atoms with Gasteiger partial charge in [0.2, 0.25) is 5.91 Å². The maximum atomic E-state index is 13.9. The highest BCUT2D eigenvalue weighted by Crippen LogP contribution is 2.41. The number of piperidine rings is 2. The van der Waals surface area contributed by atoms with Crippen molar-refractivity contribution in [1.29, 1.82) is 0 Å². The molecule has 1 N–H and O–H groups in total. The van der Waals surface area contributed by atoms with Gasteiger partial charge in [-0.15, -0.1) is 0 Å². The molecule has 4 unspecified atom stereocenters. The van der Waals surface area contributed by atoms with Crippen LogP contribution in [0.25, 0.3) is 0 Å². The number of pyridine rings is 1. The quantitative estimate of drug-likeness (QED) is 0.362. The molecule has 45 heavy (non-hydrogen) atoms. The van der Waals surface area contributed by atoms with Crippen molar-refractivity contribution >= 4 is 18.1 Å². The zero-order chi connectivity index (χ0) is 32.2. The number of amides is 2. The highest BCUT2D eigenvalue weighted by atomic mass is 19.4. The maximum absolute atomic E-state index is 13.9. The van der Waals surface area contributed by atoms with Gasteiger partial charge in [0.15, 0.2) is 0 Å². The number of para-hydroxylation sites is 1. The van der Waals surface area contributed by atoms with Crippen LogP contribution in [0, 0.1) is 17.8 Å². The predicted molar refractivity (Wildman–Crippen MR) is 160 cm³/mol. The Morgan fingerprint density at radius 2 is 1.87 bits per heavy atom. The SMILES string of the molecule is CCCC1C(C(=O)N2CCC(O)(c3ccccc3OCC3CCC(C=O)C3)CC2)CCCN1C(=O)c1cnccc1C(F)(F)F. The number of carbonyl (C=O) groups excluding carboxylic acids is 3. The first-order valence-corrected chi connectivity index (χ1v) is 16.1. The normalized spacial score (nSPS) is 25.2. The number of alkyl halides is 3. The van der Waals surface area contributed by atoms with Gasteiger partial charge < -0.3 is 24.4 Å². The van der Waals surface area contributed by atoms with E-state index in [-0.39, 0.29) is 18.4 Å². The van der Waals surface area contributed by atoms with E-state index in [9.17, 15) is 32.7 Å². The van der Waals surface area contributed by atoms with Crippen molar-refractivity contribution in [3.8, 4) is 5.75 Å². The minimum Gasteiger partial charge on any atom is -0.493 e. The summed E-state index contributed by atoms with van der Waals surface area (Å²) in [7, 11) is 0. The smallest absolute Gasteiger partial charge is 0.417 e. The molecule has 244 valence electrons. The van der Waals surface area contributed by atoms with Crippen LogP contribution in [0.4, 0.5) is 13.2 Å². The fourth-order valence-corrected chi connectivity index (χ4v) is 7.39. The Bertz CT molecular complexity index is 1360. The van der Waals surface area contributed by atoms with Gasteiger partial charge >= 0.3 is 6.18 Å². The van der Waals surface area contributed by atoms with Gasteiger partial charge in [-0.05, 0) is 69.4 Å². The molecular weight excluding hydrogens is 587 g/mol. The van der Waals surface area contributed by atoms with Gasteiger partial charge in [-0.1, -0.05) is 31.5 Å². The number of ether oxygens (including phenoxy) is 1. The minimum atomic E-state index is -4.70. The molecule has 11 heteroatoms. The van der Waals surface area contributed by atoms with E-state index in [1.165, 1.54) is 4.90 Å². The molecule has 3 heterocycles. The van der Waals surface area contributed by atoms with Gasteiger partial charge in [0, 0.05) is 49.6 Å². The van der Waals surface area contributed by atoms with Crippen LogP contribution in [0.1, 0.15) is 86.2 Å². The highest BCUT2D eigenvalue weighted by Gasteiger charge is 2.44. The molecule has 0 bridgehead atoms. The van der Waals surface area contributed by atoms with E-state index >= 15 is 0 Å². The Balaban J connectivity index is 1.27. The number of aromatic nitrogens is 1. The summed E-state index contributed by atoms with van der Waals surface area (Å²) < 4.78 is 47.3. The van der Waals surface area contributed by atoms with Crippen LogP contribution in [0.15, 0.2) is 42.7 Å². The number of halogens is 3. The average molecular weight is 630 g/mol. The number of rotatable bonds is 9. The summed E-state index contributed by atoms with van der Waals surface area (Å²) in [5, 5.41) is 11.8. The van der Waals surface area contributed by atoms with E-state index in [0.717, 1.165) is 44.0 Å². The second-order valence-electron chi connectivity index (χ2n) is 12.8. The zero-order valence-corrected chi connectivity index (χ0v) is 25.7. The van der Waals surface area contributed by atoms with Crippen LogP contribution in [-0.4, -0.2) is 70.3 Å². The lowest BCUT2D eigenvalue weighted by atomic mass is 9.81. The highest BCUT2D eigenvalue weighted by molar-refractivity contribution is 5.96. The molecule has 2 aromatic rings. The van der Waals surface area contributed by atoms with Crippen molar-refractivity contribution in [3.05, 3.63) is 59.4 Å². The lowest BCUT2D eigenvalue weighted by Crippen LogP contribution is -2.55. The molecule has 4 atom stereocenters. The maximum Gasteiger partial charge on any atom is 0.417 e. The predicted octanol–water partition coefficient (Wildman–Crippen LogP) is 5.63. The molecule has 0 spiro atoms. The zero-order valence-electron chi connectivity index (χ0n) is 25.7. The van der Waals surface area contributed by atoms with Crippen LogP contribution in [0.2, 0.25) is 0 Å². The molecule has 2 saturated heterocycles. The minimum absolute atomic E-state index is 0.0823. The molecule has 0 radical (unpaired) electrons. The van der Waals surface area contributed by atoms with Crippen LogP contribution < -0.4 is 4.74 Å². The summed E-state index contributed by atoms with van der Waals surface area (Å²) in [5.74, 6) is -0.456. The molecule has 2 amide bonds. The second kappa shape index (κ2) is 13.9. The molecule has 1 aliphatic carbocycles. The van der Waals surface area contributed by atoms with E-state index in [4.69, 9.17) is 4.74 Å². The summed E-state index contributed by atoms with van der Waals surface area (Å²) >= 11 is 0. The Morgan fingerprint density at radius 3 is 2.56 bits per heavy atom. The Hall–Kier alpha value is -3.47. The number of aliphatic hydroxyl groups is 1. The van der Waals surface area contributed by atoms with E-state index in [1.54, 1.807) is 4.90 Å². The molecule has 2 aliphatic heterocycles. The standard InChI is InChI=1S/C34H42F3N3O5/c1-2-6-29-25(7-5-16-40(29)32(43)26-20-38-15-12-27(26)34(35,36)37)31(42)39-17-13-33(44,14-18-39)28-8-3-4-9-30(28)45-22-24-11-10-23(19-24)21-41/h3-4,8-9,12,15,20-21,23-25,29,44H,2,5-7,10-11,13-14,16-19,22H2,1H3. The van der Waals surface area contributed by atoms with Crippen molar-refractivity contribution in [2.24, 2.45) is 17.8 Å². The van der Waals surface area contributed by atoms with Crippen molar-refractivity contribution in [2.75, 3.05) is 26.2 Å². The summed E-state index contributed by atoms with van der Waals surface area (Å²) in [6, 6.07) is 7.68. The van der Waals surface area contributed by atoms with Crippen molar-refractivity contribution in [2.45, 2.75) is 82.5 Å². The number of benzene rings is 1. The number of aldehydes is 1. The molecule has 1 saturated carbocycles. The molecule has 1 aromatic heterocycles. The Kier molecular flexibility index (Phi) is 10.2. The number of hydrogen-bond donors (Lipinski definition) is 1. The van der Waals surface area contributed by atoms with Gasteiger partial charge in [0.05, 0.1) is 29.3 Å². The molecule has 8 nitrogen and oxygen atoms in total. The van der Waals surface area contributed by atoms with Crippen LogP contribution >= 0.6 is 0 Å². The summed E-state index contributed by atoms with van der Waals surface area (Å²) in [5.41, 5.74) is -2.05. The Labute approximate surface area is 261 Å². The number of hydrogen-bond acceptors (Lipinski definition) is 6. The van der Waals surface area contributed by atoms with Crippen LogP contribution in [0.5, 0.6) is 5.75 Å². The fraction of sp³-hybridized carbons (Fsp3) is 0.588. The molecular formula is C34H42F3N3O5. The summed E-state index contributed by atoms with van der Waals surface area (Å²) in [6.45, 7) is 3.28. The molecule has 1 aromatic carbocycles. The van der Waals surface area contributed by atoms with Crippen molar-refractivity contribution < 1.29 is 37.4 Å². The average Bonchev–Trinajstić information content (AvgIpc) is 3.52. The molecule has 5 rings (SSSR count). The molecule has 3 fully saturated rings. The topological polar surface area (TPSA) is 100 Å². The number of likely N-dealkylation sites (tertiary alicyclic amines) is 2. The Morgan fingerprint density at radius 1 is 1.11 bits per heavy atom. The van der Waals surface area contributed by atoms with E-state index in [1.807, 2.05) is 31.2 Å². The van der Waals surface area contributed by atoms with Crippen LogP contribution in [0.3, 0.4) is 0 Å². The monoisotopic (exact) mass is 629 g/mol. The molecule has 3 aliphatic rings. The lowest BCUT2D eigenvalue weighted by Gasteiger charge is -2.45. The van der Waals surface area contributed by atoms with Gasteiger partial charge in [-0.2, -0.15) is 13.2 Å². The van der Waals surface area contributed by atoms with Crippen molar-refractivity contribution in [3.63, 3.8) is 0 Å². The lowest BCUT2D eigenvalue weighted by molar-refractivity contribution is -0.144. The van der Waals surface area contributed by atoms with Gasteiger partial charge in [0.25, 0.3) is 5.91 Å². The van der Waals surface area contributed by atoms with E-state index in [2.05, 4.69) is 4.98 Å². The van der Waals surface area contributed by atoms with Gasteiger partial charge in [-0.25, -0.2) is 0 Å².